The van der Waals surface area contributed by atoms with E-state index in [9.17, 15) is 4.79 Å². The summed E-state index contributed by atoms with van der Waals surface area (Å²) in [5.74, 6) is 2.35. The van der Waals surface area contributed by atoms with Crippen LogP contribution in [0.5, 0.6) is 0 Å². The lowest BCUT2D eigenvalue weighted by Crippen LogP contribution is -2.33. The molecule has 1 aromatic carbocycles. The molecule has 1 aliphatic carbocycles. The van der Waals surface area contributed by atoms with Gasteiger partial charge in [-0.25, -0.2) is 0 Å². The van der Waals surface area contributed by atoms with Crippen molar-refractivity contribution < 1.29 is 4.79 Å². The molecule has 0 saturated carbocycles. The monoisotopic (exact) mass is 324 g/mol. The zero-order valence-corrected chi connectivity index (χ0v) is 13.8. The Morgan fingerprint density at radius 1 is 1.35 bits per heavy atom. The first-order chi connectivity index (χ1) is 11.1. The molecule has 0 spiro atoms. The summed E-state index contributed by atoms with van der Waals surface area (Å²) in [6, 6.07) is 10.5. The zero-order valence-electron chi connectivity index (χ0n) is 13.0. The first-order valence-corrected chi connectivity index (χ1v) is 8.58. The van der Waals surface area contributed by atoms with Crippen molar-refractivity contribution in [3.8, 4) is 12.3 Å². The van der Waals surface area contributed by atoms with Crippen molar-refractivity contribution in [1.29, 1.82) is 0 Å². The van der Waals surface area contributed by atoms with E-state index in [2.05, 4.69) is 30.2 Å². The molecular weight excluding hydrogens is 304 g/mol. The highest BCUT2D eigenvalue weighted by Gasteiger charge is 2.38. The van der Waals surface area contributed by atoms with Gasteiger partial charge in [-0.3, -0.25) is 4.79 Å². The molecule has 1 aromatic heterocycles. The molecule has 3 nitrogen and oxygen atoms in total. The second kappa shape index (κ2) is 6.10. The number of anilines is 1. The van der Waals surface area contributed by atoms with E-state index >= 15 is 0 Å². The first kappa shape index (κ1) is 15.6. The fraction of sp³-hybridized carbons (Fsp3) is 0.316. The van der Waals surface area contributed by atoms with Gasteiger partial charge in [-0.2, -0.15) is 0 Å². The number of amides is 1. The summed E-state index contributed by atoms with van der Waals surface area (Å²) in [7, 11) is 0. The summed E-state index contributed by atoms with van der Waals surface area (Å²) >= 11 is 1.50. The lowest BCUT2D eigenvalue weighted by molar-refractivity contribution is 0.1000. The van der Waals surface area contributed by atoms with Gasteiger partial charge in [-0.05, 0) is 36.8 Å². The molecule has 4 N–H and O–H groups in total. The highest BCUT2D eigenvalue weighted by molar-refractivity contribution is 7.16. The van der Waals surface area contributed by atoms with Crippen molar-refractivity contribution in [1.82, 2.24) is 0 Å². The highest BCUT2D eigenvalue weighted by Crippen LogP contribution is 2.46. The SMILES string of the molecule is C#CCCC1(c2ccccc2)CCc2c(sc(N)c2C(N)=O)C1. The fourth-order valence-electron chi connectivity index (χ4n) is 3.68. The Kier molecular flexibility index (Phi) is 4.14. The lowest BCUT2D eigenvalue weighted by Gasteiger charge is -2.37. The van der Waals surface area contributed by atoms with E-state index in [1.54, 1.807) is 0 Å². The molecule has 2 aromatic rings. The zero-order chi connectivity index (χ0) is 16.4. The van der Waals surface area contributed by atoms with Crippen LogP contribution in [0.25, 0.3) is 0 Å². The maximum absolute atomic E-state index is 11.7. The second-order valence-corrected chi connectivity index (χ2v) is 7.27. The Hall–Kier alpha value is -2.25. The van der Waals surface area contributed by atoms with Crippen LogP contribution < -0.4 is 11.5 Å². The third kappa shape index (κ3) is 2.73. The molecule has 1 unspecified atom stereocenters. The molecule has 0 aliphatic heterocycles. The van der Waals surface area contributed by atoms with Gasteiger partial charge >= 0.3 is 0 Å². The summed E-state index contributed by atoms with van der Waals surface area (Å²) in [6.07, 6.45) is 9.85. The third-order valence-electron chi connectivity index (χ3n) is 4.85. The van der Waals surface area contributed by atoms with E-state index in [0.717, 1.165) is 37.7 Å². The van der Waals surface area contributed by atoms with Gasteiger partial charge in [-0.15, -0.1) is 23.7 Å². The van der Waals surface area contributed by atoms with Crippen LogP contribution in [0.3, 0.4) is 0 Å². The van der Waals surface area contributed by atoms with E-state index in [1.165, 1.54) is 21.8 Å². The van der Waals surface area contributed by atoms with Crippen LogP contribution in [0, 0.1) is 12.3 Å². The van der Waals surface area contributed by atoms with Gasteiger partial charge in [-0.1, -0.05) is 30.3 Å². The molecule has 0 fully saturated rings. The van der Waals surface area contributed by atoms with Crippen LogP contribution in [0.4, 0.5) is 5.00 Å². The van der Waals surface area contributed by atoms with Crippen LogP contribution in [0.15, 0.2) is 30.3 Å². The largest absolute Gasteiger partial charge is 0.390 e. The molecule has 0 bridgehead atoms. The third-order valence-corrected chi connectivity index (χ3v) is 5.91. The molecule has 0 radical (unpaired) electrons. The number of primary amides is 1. The first-order valence-electron chi connectivity index (χ1n) is 7.76. The number of thiophene rings is 1. The number of fused-ring (bicyclic) bond motifs is 1. The summed E-state index contributed by atoms with van der Waals surface area (Å²) in [6.45, 7) is 0. The number of hydrogen-bond acceptors (Lipinski definition) is 3. The molecule has 3 rings (SSSR count). The number of hydrogen-bond donors (Lipinski definition) is 2. The van der Waals surface area contributed by atoms with Gasteiger partial charge in [0.1, 0.15) is 0 Å². The minimum absolute atomic E-state index is 0.0207. The number of carbonyl (C=O) groups excluding carboxylic acids is 1. The van der Waals surface area contributed by atoms with E-state index < -0.39 is 5.91 Å². The van der Waals surface area contributed by atoms with Gasteiger partial charge in [0.15, 0.2) is 0 Å². The molecule has 1 aliphatic rings. The molecule has 1 atom stereocenters. The quantitative estimate of drug-likeness (QED) is 0.848. The summed E-state index contributed by atoms with van der Waals surface area (Å²) in [5, 5.41) is 0.545. The van der Waals surface area contributed by atoms with E-state index in [4.69, 9.17) is 17.9 Å². The number of terminal acetylenes is 1. The molecule has 0 saturated heterocycles. The fourth-order valence-corrected chi connectivity index (χ4v) is 4.95. The average Bonchev–Trinajstić information content (AvgIpc) is 2.88. The Morgan fingerprint density at radius 3 is 2.74 bits per heavy atom. The predicted molar refractivity (Wildman–Crippen MR) is 95.5 cm³/mol. The Labute approximate surface area is 140 Å². The Balaban J connectivity index is 2.03. The summed E-state index contributed by atoms with van der Waals surface area (Å²) in [4.78, 5) is 12.9. The number of nitrogens with two attached hydrogens (primary N) is 2. The maximum Gasteiger partial charge on any atom is 0.251 e. The average molecular weight is 324 g/mol. The summed E-state index contributed by atoms with van der Waals surface area (Å²) in [5.41, 5.74) is 14.5. The van der Waals surface area contributed by atoms with Crippen molar-refractivity contribution in [2.24, 2.45) is 5.73 Å². The van der Waals surface area contributed by atoms with E-state index in [-0.39, 0.29) is 5.41 Å². The molecule has 1 amide bonds. The smallest absolute Gasteiger partial charge is 0.251 e. The van der Waals surface area contributed by atoms with Crippen molar-refractivity contribution in [2.75, 3.05) is 5.73 Å². The van der Waals surface area contributed by atoms with Crippen molar-refractivity contribution in [3.63, 3.8) is 0 Å². The standard InChI is InChI=1S/C19H20N2OS/c1-2-3-10-19(13-7-5-4-6-8-13)11-9-14-15(12-19)23-18(21)16(14)17(20)22/h1,4-8H,3,9-12,21H2,(H2,20,22). The molecule has 118 valence electrons. The second-order valence-electron chi connectivity index (χ2n) is 6.13. The van der Waals surface area contributed by atoms with Gasteiger partial charge in [0.2, 0.25) is 0 Å². The predicted octanol–water partition coefficient (Wildman–Crippen LogP) is 3.27. The molecule has 1 heterocycles. The number of rotatable bonds is 4. The van der Waals surface area contributed by atoms with Crippen molar-refractivity contribution in [3.05, 3.63) is 51.9 Å². The van der Waals surface area contributed by atoms with Gasteiger partial charge in [0, 0.05) is 16.7 Å². The van der Waals surface area contributed by atoms with Gasteiger partial charge in [0.05, 0.1) is 10.6 Å². The highest BCUT2D eigenvalue weighted by atomic mass is 32.1. The lowest BCUT2D eigenvalue weighted by atomic mass is 9.67. The minimum atomic E-state index is -0.421. The van der Waals surface area contributed by atoms with E-state index in [0.29, 0.717) is 10.6 Å². The number of carbonyl (C=O) groups is 1. The van der Waals surface area contributed by atoms with Gasteiger partial charge < -0.3 is 11.5 Å². The van der Waals surface area contributed by atoms with Crippen LogP contribution in [-0.2, 0) is 18.3 Å². The topological polar surface area (TPSA) is 69.1 Å². The van der Waals surface area contributed by atoms with Gasteiger partial charge in [0.25, 0.3) is 5.91 Å². The molecule has 23 heavy (non-hydrogen) atoms. The van der Waals surface area contributed by atoms with E-state index in [1.807, 2.05) is 6.07 Å². The minimum Gasteiger partial charge on any atom is -0.390 e. The Bertz CT molecular complexity index is 773. The maximum atomic E-state index is 11.7. The molecule has 4 heteroatoms. The van der Waals surface area contributed by atoms with Crippen LogP contribution >= 0.6 is 11.3 Å². The summed E-state index contributed by atoms with van der Waals surface area (Å²) < 4.78 is 0. The van der Waals surface area contributed by atoms with Crippen LogP contribution in [0.1, 0.15) is 45.6 Å². The van der Waals surface area contributed by atoms with Crippen molar-refractivity contribution in [2.45, 2.75) is 37.5 Å². The molecular formula is C19H20N2OS. The Morgan fingerprint density at radius 2 is 2.09 bits per heavy atom. The van der Waals surface area contributed by atoms with Crippen molar-refractivity contribution >= 4 is 22.2 Å². The van der Waals surface area contributed by atoms with Crippen LogP contribution in [-0.4, -0.2) is 5.91 Å². The number of nitrogen functional groups attached to an aromatic ring is 1. The normalized spacial score (nSPS) is 19.8. The van der Waals surface area contributed by atoms with Crippen LogP contribution in [0.2, 0.25) is 0 Å². The number of benzene rings is 1.